The lowest BCUT2D eigenvalue weighted by molar-refractivity contribution is -0.930. The van der Waals surface area contributed by atoms with E-state index in [0.717, 1.165) is 13.1 Å². The molecule has 2 aromatic rings. The molecule has 0 spiro atoms. The minimum Gasteiger partial charge on any atom is -0.334 e. The highest BCUT2D eigenvalue weighted by Gasteiger charge is 2.37. The predicted octanol–water partition coefficient (Wildman–Crippen LogP) is 1.75. The first-order valence-corrected chi connectivity index (χ1v) is 7.62. The van der Waals surface area contributed by atoms with Crippen LogP contribution >= 0.6 is 0 Å². The van der Waals surface area contributed by atoms with Gasteiger partial charge in [-0.2, -0.15) is 5.26 Å². The van der Waals surface area contributed by atoms with Crippen molar-refractivity contribution in [1.82, 2.24) is 4.57 Å². The number of nitrogens with zero attached hydrogens (tertiary/aromatic N) is 2. The van der Waals surface area contributed by atoms with Crippen LogP contribution in [-0.2, 0) is 13.0 Å². The molecular formula is C17H20N3+. The number of nitrogens with one attached hydrogen (secondary N) is 1. The molecule has 1 aromatic carbocycles. The van der Waals surface area contributed by atoms with Crippen LogP contribution < -0.4 is 4.90 Å². The number of benzene rings is 1. The van der Waals surface area contributed by atoms with Crippen LogP contribution in [0, 0.1) is 18.3 Å². The summed E-state index contributed by atoms with van der Waals surface area (Å²) < 4.78 is 2.54. The van der Waals surface area contributed by atoms with Crippen LogP contribution in [0.2, 0.25) is 0 Å². The number of fused-ring (bicyclic) bond motifs is 3. The Bertz CT molecular complexity index is 720. The Hall–Kier alpha value is -1.79. The van der Waals surface area contributed by atoms with E-state index in [1.807, 2.05) is 0 Å². The maximum atomic E-state index is 9.07. The summed E-state index contributed by atoms with van der Waals surface area (Å²) in [5.74, 6) is 0. The predicted molar refractivity (Wildman–Crippen MR) is 78.7 cm³/mol. The van der Waals surface area contributed by atoms with Crippen molar-refractivity contribution in [3.8, 4) is 6.07 Å². The highest BCUT2D eigenvalue weighted by molar-refractivity contribution is 5.86. The van der Waals surface area contributed by atoms with E-state index in [2.05, 4.69) is 35.8 Å². The molecular weight excluding hydrogens is 246 g/mol. The fourth-order valence-corrected chi connectivity index (χ4v) is 4.22. The van der Waals surface area contributed by atoms with Crippen molar-refractivity contribution in [2.75, 3.05) is 13.1 Å². The maximum Gasteiger partial charge on any atom is 0.165 e. The number of hydrogen-bond donors (Lipinski definition) is 1. The van der Waals surface area contributed by atoms with Crippen LogP contribution in [0.4, 0.5) is 0 Å². The normalized spacial score (nSPS) is 24.4. The van der Waals surface area contributed by atoms with Gasteiger partial charge in [0.05, 0.1) is 18.8 Å². The van der Waals surface area contributed by atoms with Gasteiger partial charge in [0, 0.05) is 17.3 Å². The van der Waals surface area contributed by atoms with E-state index >= 15 is 0 Å². The standard InChI is InChI=1S/C17H19N3/c1-12-5-6-15-14(11-12)13-3-2-4-16-17(13)20(15)10-9-19(16)8-7-18/h5-6,11,16H,2-4,8-10H2,1H3/p+1/t16-/m1/s1. The van der Waals surface area contributed by atoms with Crippen molar-refractivity contribution < 1.29 is 4.90 Å². The van der Waals surface area contributed by atoms with Crippen LogP contribution in [-0.4, -0.2) is 17.7 Å². The smallest absolute Gasteiger partial charge is 0.165 e. The molecule has 0 amide bonds. The summed E-state index contributed by atoms with van der Waals surface area (Å²) in [6.45, 7) is 4.96. The van der Waals surface area contributed by atoms with E-state index in [4.69, 9.17) is 5.26 Å². The second kappa shape index (κ2) is 4.36. The summed E-state index contributed by atoms with van der Waals surface area (Å²) in [4.78, 5) is 1.47. The fraction of sp³-hybridized carbons (Fsp3) is 0.471. The Labute approximate surface area is 119 Å². The van der Waals surface area contributed by atoms with E-state index < -0.39 is 0 Å². The molecule has 20 heavy (non-hydrogen) atoms. The van der Waals surface area contributed by atoms with Gasteiger partial charge in [-0.15, -0.1) is 0 Å². The molecule has 0 radical (unpaired) electrons. The molecule has 0 bridgehead atoms. The second-order valence-corrected chi connectivity index (χ2v) is 6.22. The fourth-order valence-electron chi connectivity index (χ4n) is 4.22. The molecule has 3 heteroatoms. The molecule has 4 rings (SSSR count). The zero-order valence-corrected chi connectivity index (χ0v) is 11.9. The van der Waals surface area contributed by atoms with Crippen LogP contribution in [0.3, 0.4) is 0 Å². The van der Waals surface area contributed by atoms with Gasteiger partial charge >= 0.3 is 0 Å². The number of quaternary nitrogens is 1. The van der Waals surface area contributed by atoms with Crippen molar-refractivity contribution in [2.45, 2.75) is 38.8 Å². The van der Waals surface area contributed by atoms with Crippen LogP contribution in [0.25, 0.3) is 10.9 Å². The van der Waals surface area contributed by atoms with Gasteiger partial charge in [-0.3, -0.25) is 0 Å². The number of hydrogen-bond acceptors (Lipinski definition) is 1. The molecule has 3 nitrogen and oxygen atoms in total. The number of aryl methyl sites for hydroxylation is 2. The summed E-state index contributed by atoms with van der Waals surface area (Å²) in [6.07, 6.45) is 3.71. The Balaban J connectivity index is 1.96. The number of rotatable bonds is 1. The van der Waals surface area contributed by atoms with E-state index in [1.54, 1.807) is 5.56 Å². The molecule has 0 saturated heterocycles. The van der Waals surface area contributed by atoms with Gasteiger partial charge in [0.2, 0.25) is 0 Å². The Morgan fingerprint density at radius 3 is 3.20 bits per heavy atom. The molecule has 1 aliphatic carbocycles. The minimum absolute atomic E-state index is 0.542. The van der Waals surface area contributed by atoms with Gasteiger partial charge in [-0.05, 0) is 37.5 Å². The first-order valence-electron chi connectivity index (χ1n) is 7.62. The van der Waals surface area contributed by atoms with Crippen LogP contribution in [0.1, 0.15) is 35.7 Å². The van der Waals surface area contributed by atoms with Crippen molar-refractivity contribution in [2.24, 2.45) is 0 Å². The van der Waals surface area contributed by atoms with E-state index in [9.17, 15) is 0 Å². The Kier molecular flexibility index (Phi) is 2.61. The zero-order valence-electron chi connectivity index (χ0n) is 11.9. The van der Waals surface area contributed by atoms with Gasteiger partial charge < -0.3 is 9.47 Å². The molecule has 0 fully saturated rings. The van der Waals surface area contributed by atoms with Crippen LogP contribution in [0.15, 0.2) is 18.2 Å². The molecule has 1 N–H and O–H groups in total. The average molecular weight is 266 g/mol. The third-order valence-corrected chi connectivity index (χ3v) is 5.07. The first kappa shape index (κ1) is 12.0. The van der Waals surface area contributed by atoms with Crippen LogP contribution in [0.5, 0.6) is 0 Å². The van der Waals surface area contributed by atoms with Gasteiger partial charge in [0.15, 0.2) is 6.54 Å². The highest BCUT2D eigenvalue weighted by atomic mass is 15.2. The van der Waals surface area contributed by atoms with Crippen molar-refractivity contribution in [1.29, 1.82) is 5.26 Å². The third kappa shape index (κ3) is 1.55. The molecule has 1 aliphatic heterocycles. The van der Waals surface area contributed by atoms with Gasteiger partial charge in [-0.1, -0.05) is 11.6 Å². The molecule has 0 saturated carbocycles. The monoisotopic (exact) mass is 266 g/mol. The Morgan fingerprint density at radius 1 is 1.45 bits per heavy atom. The average Bonchev–Trinajstić information content (AvgIpc) is 2.78. The quantitative estimate of drug-likeness (QED) is 0.784. The van der Waals surface area contributed by atoms with Crippen molar-refractivity contribution in [3.05, 3.63) is 35.0 Å². The highest BCUT2D eigenvalue weighted by Crippen LogP contribution is 2.37. The summed E-state index contributed by atoms with van der Waals surface area (Å²) in [5, 5.41) is 10.5. The molecule has 2 atom stereocenters. The molecule has 1 unspecified atom stereocenters. The largest absolute Gasteiger partial charge is 0.334 e. The van der Waals surface area contributed by atoms with Gasteiger partial charge in [0.1, 0.15) is 12.1 Å². The lowest BCUT2D eigenvalue weighted by Crippen LogP contribution is -3.13. The molecule has 2 heterocycles. The molecule has 2 aliphatic rings. The van der Waals surface area contributed by atoms with E-state index in [1.165, 1.54) is 46.3 Å². The van der Waals surface area contributed by atoms with Crippen molar-refractivity contribution in [3.63, 3.8) is 0 Å². The van der Waals surface area contributed by atoms with Gasteiger partial charge in [0.25, 0.3) is 0 Å². The first-order chi connectivity index (χ1) is 9.79. The summed E-state index contributed by atoms with van der Waals surface area (Å²) >= 11 is 0. The maximum absolute atomic E-state index is 9.07. The molecule has 1 aromatic heterocycles. The minimum atomic E-state index is 0.542. The SMILES string of the molecule is Cc1ccc2c(c1)c1c3n2CC[NH+](CC#N)[C@@H]3CCC1. The topological polar surface area (TPSA) is 33.2 Å². The zero-order chi connectivity index (χ0) is 13.7. The molecule has 102 valence electrons. The number of nitriles is 1. The summed E-state index contributed by atoms with van der Waals surface area (Å²) in [6, 6.07) is 9.77. The lowest BCUT2D eigenvalue weighted by atomic mass is 9.89. The van der Waals surface area contributed by atoms with E-state index in [0.29, 0.717) is 12.6 Å². The summed E-state index contributed by atoms with van der Waals surface area (Å²) in [5.41, 5.74) is 5.85. The van der Waals surface area contributed by atoms with E-state index in [-0.39, 0.29) is 0 Å². The number of aromatic nitrogens is 1. The van der Waals surface area contributed by atoms with Crippen molar-refractivity contribution >= 4 is 10.9 Å². The summed E-state index contributed by atoms with van der Waals surface area (Å²) in [7, 11) is 0. The van der Waals surface area contributed by atoms with Gasteiger partial charge in [-0.25, -0.2) is 0 Å². The lowest BCUT2D eigenvalue weighted by Gasteiger charge is -2.35. The third-order valence-electron chi connectivity index (χ3n) is 5.07. The second-order valence-electron chi connectivity index (χ2n) is 6.22. The Morgan fingerprint density at radius 2 is 2.35 bits per heavy atom.